The van der Waals surface area contributed by atoms with Crippen LogP contribution >= 0.6 is 55.1 Å². The minimum absolute atomic E-state index is 0.228. The van der Waals surface area contributed by atoms with Gasteiger partial charge in [-0.3, -0.25) is 0 Å². The van der Waals surface area contributed by atoms with Crippen molar-refractivity contribution in [3.05, 3.63) is 33.8 Å². The molecule has 17 heavy (non-hydrogen) atoms. The first kappa shape index (κ1) is 15.8. The lowest BCUT2D eigenvalue weighted by Gasteiger charge is -2.30. The van der Waals surface area contributed by atoms with Crippen LogP contribution in [0.5, 0.6) is 0 Å². The van der Waals surface area contributed by atoms with Gasteiger partial charge in [-0.1, -0.05) is 74.5 Å². The molecule has 1 aromatic carbocycles. The first-order chi connectivity index (χ1) is 8.06. The normalized spacial score (nSPS) is 11.8. The smallest absolute Gasteiger partial charge is 0.0453 e. The van der Waals surface area contributed by atoms with Crippen molar-refractivity contribution in [2.24, 2.45) is 5.41 Å². The maximum atomic E-state index is 6.23. The molecule has 0 aliphatic heterocycles. The van der Waals surface area contributed by atoms with Crippen LogP contribution in [0.25, 0.3) is 0 Å². The molecule has 0 fully saturated rings. The second-order valence-electron chi connectivity index (χ2n) is 4.43. The Morgan fingerprint density at radius 2 is 1.82 bits per heavy atom. The summed E-state index contributed by atoms with van der Waals surface area (Å²) in [5.41, 5.74) is 1.40. The summed E-state index contributed by atoms with van der Waals surface area (Å²) >= 11 is 19.4. The van der Waals surface area contributed by atoms with Crippen molar-refractivity contribution < 1.29 is 0 Å². The Balaban J connectivity index is 2.92. The van der Waals surface area contributed by atoms with Crippen molar-refractivity contribution in [2.45, 2.75) is 26.2 Å². The van der Waals surface area contributed by atoms with E-state index in [2.05, 4.69) is 38.8 Å². The molecule has 0 aromatic heterocycles. The number of hydrogen-bond acceptors (Lipinski definition) is 0. The zero-order valence-corrected chi connectivity index (χ0v) is 14.5. The lowest BCUT2D eigenvalue weighted by molar-refractivity contribution is 0.352. The number of alkyl halides is 2. The van der Waals surface area contributed by atoms with Crippen LogP contribution in [-0.2, 0) is 6.42 Å². The van der Waals surface area contributed by atoms with Gasteiger partial charge in [-0.2, -0.15) is 0 Å². The Labute approximate surface area is 130 Å². The van der Waals surface area contributed by atoms with E-state index in [9.17, 15) is 0 Å². The molecular formula is C13H16Br2Cl2. The molecule has 0 amide bonds. The summed E-state index contributed by atoms with van der Waals surface area (Å²) < 4.78 is 0. The van der Waals surface area contributed by atoms with E-state index in [0.29, 0.717) is 5.02 Å². The van der Waals surface area contributed by atoms with E-state index in [1.54, 1.807) is 0 Å². The summed E-state index contributed by atoms with van der Waals surface area (Å²) in [7, 11) is 0. The van der Waals surface area contributed by atoms with Crippen LogP contribution in [0.15, 0.2) is 18.2 Å². The van der Waals surface area contributed by atoms with Crippen LogP contribution in [0, 0.1) is 5.41 Å². The van der Waals surface area contributed by atoms with E-state index in [-0.39, 0.29) is 5.41 Å². The third-order valence-electron chi connectivity index (χ3n) is 2.93. The molecule has 0 saturated heterocycles. The van der Waals surface area contributed by atoms with Crippen molar-refractivity contribution >= 4 is 55.1 Å². The average molecular weight is 403 g/mol. The summed E-state index contributed by atoms with van der Waals surface area (Å²) in [6.07, 6.45) is 3.30. The summed E-state index contributed by atoms with van der Waals surface area (Å²) in [4.78, 5) is 0. The Morgan fingerprint density at radius 1 is 1.18 bits per heavy atom. The van der Waals surface area contributed by atoms with Crippen molar-refractivity contribution in [1.82, 2.24) is 0 Å². The first-order valence-corrected chi connectivity index (χ1v) is 8.62. The molecule has 0 bridgehead atoms. The van der Waals surface area contributed by atoms with Crippen molar-refractivity contribution in [3.63, 3.8) is 0 Å². The zero-order chi connectivity index (χ0) is 12.9. The van der Waals surface area contributed by atoms with Crippen molar-refractivity contribution in [3.8, 4) is 0 Å². The second kappa shape index (κ2) is 7.37. The molecule has 1 aromatic rings. The monoisotopic (exact) mass is 400 g/mol. The minimum atomic E-state index is 0.228. The SMILES string of the molecule is CCCC(CBr)(CBr)Cc1ccc(Cl)cc1Cl. The Bertz CT molecular complexity index is 362. The predicted octanol–water partition coefficient (Wildman–Crippen LogP) is 6.11. The highest BCUT2D eigenvalue weighted by Gasteiger charge is 2.28. The topological polar surface area (TPSA) is 0 Å². The molecular weight excluding hydrogens is 387 g/mol. The molecule has 4 heteroatoms. The first-order valence-electron chi connectivity index (χ1n) is 5.63. The highest BCUT2D eigenvalue weighted by Crippen LogP contribution is 2.35. The van der Waals surface area contributed by atoms with Crippen LogP contribution in [0.4, 0.5) is 0 Å². The lowest BCUT2D eigenvalue weighted by Crippen LogP contribution is -2.27. The van der Waals surface area contributed by atoms with E-state index in [0.717, 1.165) is 22.1 Å². The lowest BCUT2D eigenvalue weighted by atomic mass is 9.81. The van der Waals surface area contributed by atoms with Gasteiger partial charge in [0.15, 0.2) is 0 Å². The van der Waals surface area contributed by atoms with Gasteiger partial charge >= 0.3 is 0 Å². The Kier molecular flexibility index (Phi) is 6.86. The van der Waals surface area contributed by atoms with Crippen LogP contribution in [0.3, 0.4) is 0 Å². The van der Waals surface area contributed by atoms with E-state index in [1.807, 2.05) is 18.2 Å². The van der Waals surface area contributed by atoms with E-state index in [4.69, 9.17) is 23.2 Å². The molecule has 0 nitrogen and oxygen atoms in total. The molecule has 0 unspecified atom stereocenters. The van der Waals surface area contributed by atoms with Crippen LogP contribution in [0.1, 0.15) is 25.3 Å². The minimum Gasteiger partial charge on any atom is -0.0922 e. The van der Waals surface area contributed by atoms with E-state index in [1.165, 1.54) is 18.4 Å². The molecule has 0 aliphatic carbocycles. The van der Waals surface area contributed by atoms with Gasteiger partial charge in [0.2, 0.25) is 0 Å². The Hall–Kier alpha value is 0.760. The zero-order valence-electron chi connectivity index (χ0n) is 9.78. The highest BCUT2D eigenvalue weighted by atomic mass is 79.9. The van der Waals surface area contributed by atoms with Crippen LogP contribution in [0.2, 0.25) is 10.0 Å². The van der Waals surface area contributed by atoms with Gasteiger partial charge in [0.1, 0.15) is 0 Å². The second-order valence-corrected chi connectivity index (χ2v) is 6.39. The van der Waals surface area contributed by atoms with Crippen LogP contribution in [-0.4, -0.2) is 10.7 Å². The molecule has 0 aliphatic rings. The number of halogens is 4. The number of hydrogen-bond donors (Lipinski definition) is 0. The van der Waals surface area contributed by atoms with Gasteiger partial charge in [0.25, 0.3) is 0 Å². The number of benzene rings is 1. The average Bonchev–Trinajstić information content (AvgIpc) is 2.32. The predicted molar refractivity (Wildman–Crippen MR) is 85.1 cm³/mol. The van der Waals surface area contributed by atoms with Gasteiger partial charge in [-0.15, -0.1) is 0 Å². The molecule has 96 valence electrons. The van der Waals surface area contributed by atoms with Gasteiger partial charge in [0.05, 0.1) is 0 Å². The molecule has 0 heterocycles. The third-order valence-corrected chi connectivity index (χ3v) is 5.89. The standard InChI is InChI=1S/C13H16Br2Cl2/c1-2-5-13(8-14,9-15)7-10-3-4-11(16)6-12(10)17/h3-4,6H,2,5,7-9H2,1H3. The molecule has 0 N–H and O–H groups in total. The fourth-order valence-corrected chi connectivity index (χ4v) is 4.31. The fourth-order valence-electron chi connectivity index (χ4n) is 1.95. The van der Waals surface area contributed by atoms with Gasteiger partial charge in [-0.05, 0) is 36.0 Å². The molecule has 0 radical (unpaired) electrons. The number of rotatable bonds is 6. The highest BCUT2D eigenvalue weighted by molar-refractivity contribution is 9.09. The quantitative estimate of drug-likeness (QED) is 0.503. The molecule has 0 spiro atoms. The fraction of sp³-hybridized carbons (Fsp3) is 0.538. The van der Waals surface area contributed by atoms with E-state index < -0.39 is 0 Å². The summed E-state index contributed by atoms with van der Waals surface area (Å²) in [6, 6.07) is 5.75. The molecule has 0 atom stereocenters. The molecule has 1 rings (SSSR count). The van der Waals surface area contributed by atoms with Crippen LogP contribution < -0.4 is 0 Å². The summed E-state index contributed by atoms with van der Waals surface area (Å²) in [6.45, 7) is 2.21. The van der Waals surface area contributed by atoms with Gasteiger partial charge in [-0.25, -0.2) is 0 Å². The molecule has 0 saturated carbocycles. The summed E-state index contributed by atoms with van der Waals surface area (Å²) in [5.74, 6) is 0. The Morgan fingerprint density at radius 3 is 2.29 bits per heavy atom. The van der Waals surface area contributed by atoms with E-state index >= 15 is 0 Å². The maximum absolute atomic E-state index is 6.23. The third kappa shape index (κ3) is 4.41. The van der Waals surface area contributed by atoms with Crippen molar-refractivity contribution in [1.29, 1.82) is 0 Å². The van der Waals surface area contributed by atoms with Gasteiger partial charge in [0, 0.05) is 20.7 Å². The maximum Gasteiger partial charge on any atom is 0.0453 e. The largest absolute Gasteiger partial charge is 0.0922 e. The van der Waals surface area contributed by atoms with Crippen molar-refractivity contribution in [2.75, 3.05) is 10.7 Å². The van der Waals surface area contributed by atoms with Gasteiger partial charge < -0.3 is 0 Å². The summed E-state index contributed by atoms with van der Waals surface area (Å²) in [5, 5.41) is 3.40.